The number of rotatable bonds is 17. The highest BCUT2D eigenvalue weighted by atomic mass is 28.4. The molecule has 0 saturated carbocycles. The number of methoxy groups -OCH3 is 1. The summed E-state index contributed by atoms with van der Waals surface area (Å²) in [5, 5.41) is 0. The molecule has 5 nitrogen and oxygen atoms in total. The van der Waals surface area contributed by atoms with Gasteiger partial charge in [0.05, 0.1) is 18.3 Å². The predicted octanol–water partition coefficient (Wildman–Crippen LogP) is 7.66. The minimum absolute atomic E-state index is 0.0192. The average molecular weight is 531 g/mol. The van der Waals surface area contributed by atoms with Crippen molar-refractivity contribution in [2.75, 3.05) is 7.11 Å². The quantitative estimate of drug-likeness (QED) is 0.143. The van der Waals surface area contributed by atoms with Gasteiger partial charge in [-0.25, -0.2) is 0 Å². The molecule has 7 heteroatoms. The first-order valence-corrected chi connectivity index (χ1v) is 19.6. The highest BCUT2D eigenvalue weighted by molar-refractivity contribution is 6.74. The minimum Gasteiger partial charge on any atom is -0.413 e. The molecule has 1 fully saturated rings. The van der Waals surface area contributed by atoms with E-state index in [1.807, 2.05) is 6.92 Å². The van der Waals surface area contributed by atoms with Crippen LogP contribution in [-0.4, -0.2) is 54.6 Å². The Labute approximate surface area is 219 Å². The van der Waals surface area contributed by atoms with E-state index in [0.29, 0.717) is 5.92 Å². The third-order valence-electron chi connectivity index (χ3n) is 9.43. The zero-order valence-corrected chi connectivity index (χ0v) is 26.9. The monoisotopic (exact) mass is 530 g/mol. The Bertz CT molecular complexity index is 579. The lowest BCUT2D eigenvalue weighted by Crippen LogP contribution is -2.54. The van der Waals surface area contributed by atoms with Gasteiger partial charge in [-0.15, -0.1) is 0 Å². The number of carbonyl (C=O) groups excluding carboxylic acids is 1. The Morgan fingerprint density at radius 3 is 1.69 bits per heavy atom. The molecule has 0 N–H and O–H groups in total. The van der Waals surface area contributed by atoms with Crippen LogP contribution in [0.15, 0.2) is 0 Å². The zero-order valence-electron chi connectivity index (χ0n) is 24.9. The van der Waals surface area contributed by atoms with Crippen LogP contribution in [0.2, 0.25) is 36.3 Å². The number of hydrogen-bond acceptors (Lipinski definition) is 5. The Kier molecular flexibility index (Phi) is 14.5. The van der Waals surface area contributed by atoms with Crippen LogP contribution in [0.3, 0.4) is 0 Å². The molecule has 1 aliphatic rings. The summed E-state index contributed by atoms with van der Waals surface area (Å²) in [7, 11) is -2.08. The van der Waals surface area contributed by atoms with E-state index in [9.17, 15) is 4.79 Å². The standard InChI is InChI=1S/C28H58O5Si2/c1-12-34(13-2,14-3)32-27(22(8)20-29)24(10)28(33-35(15-4,16-5)17-6)23(9)26-21(7)18-19-25(30-11)31-26/h20-28H,12-19H2,1-11H3/t21-,22-,23+,24-,25-,26-,27-,28+/m0/s1. The molecular weight excluding hydrogens is 472 g/mol. The molecule has 0 unspecified atom stereocenters. The van der Waals surface area contributed by atoms with Crippen LogP contribution in [-0.2, 0) is 23.1 Å². The van der Waals surface area contributed by atoms with Crippen LogP contribution < -0.4 is 0 Å². The molecule has 1 saturated heterocycles. The summed E-state index contributed by atoms with van der Waals surface area (Å²) in [5.41, 5.74) is 0. The van der Waals surface area contributed by atoms with Crippen LogP contribution in [0.1, 0.15) is 82.1 Å². The second kappa shape index (κ2) is 15.4. The molecule has 0 radical (unpaired) electrons. The lowest BCUT2D eigenvalue weighted by atomic mass is 9.78. The van der Waals surface area contributed by atoms with Crippen molar-refractivity contribution in [3.63, 3.8) is 0 Å². The summed E-state index contributed by atoms with van der Waals surface area (Å²) in [6.45, 7) is 22.5. The van der Waals surface area contributed by atoms with Gasteiger partial charge in [0.1, 0.15) is 6.29 Å². The molecule has 1 heterocycles. The number of ether oxygens (including phenoxy) is 2. The normalized spacial score (nSPS) is 26.1. The van der Waals surface area contributed by atoms with E-state index in [1.54, 1.807) is 7.11 Å². The predicted molar refractivity (Wildman–Crippen MR) is 152 cm³/mol. The van der Waals surface area contributed by atoms with Gasteiger partial charge in [-0.1, -0.05) is 69.2 Å². The molecule has 0 bridgehead atoms. The molecule has 0 spiro atoms. The van der Waals surface area contributed by atoms with Gasteiger partial charge in [0.2, 0.25) is 0 Å². The summed E-state index contributed by atoms with van der Waals surface area (Å²) in [5.74, 6) is 0.545. The average Bonchev–Trinajstić information content (AvgIpc) is 2.90. The van der Waals surface area contributed by atoms with Gasteiger partial charge < -0.3 is 23.1 Å². The van der Waals surface area contributed by atoms with E-state index >= 15 is 0 Å². The molecule has 8 atom stereocenters. The third-order valence-corrected chi connectivity index (χ3v) is 18.7. The SMILES string of the molecule is CC[Si](CC)(CC)O[C@@H]([C@@H](C)[C@@H](O[Si](CC)(CC)CC)[C@@H](C)C=O)[C@H](C)[C@H]1O[C@H](OC)CC[C@@H]1C. The van der Waals surface area contributed by atoms with E-state index in [1.165, 1.54) is 0 Å². The van der Waals surface area contributed by atoms with Crippen LogP contribution in [0.25, 0.3) is 0 Å². The van der Waals surface area contributed by atoms with Gasteiger partial charge >= 0.3 is 0 Å². The Hall–Kier alpha value is -0.0562. The Morgan fingerprint density at radius 2 is 1.29 bits per heavy atom. The first-order valence-electron chi connectivity index (χ1n) is 14.6. The maximum atomic E-state index is 12.1. The van der Waals surface area contributed by atoms with Gasteiger partial charge in [0, 0.05) is 24.9 Å². The molecule has 208 valence electrons. The van der Waals surface area contributed by atoms with E-state index in [0.717, 1.165) is 55.4 Å². The second-order valence-electron chi connectivity index (χ2n) is 11.2. The van der Waals surface area contributed by atoms with Gasteiger partial charge in [-0.05, 0) is 55.0 Å². The highest BCUT2D eigenvalue weighted by Gasteiger charge is 2.46. The second-order valence-corrected chi connectivity index (χ2v) is 20.6. The summed E-state index contributed by atoms with van der Waals surface area (Å²) >= 11 is 0. The van der Waals surface area contributed by atoms with Crippen molar-refractivity contribution in [1.29, 1.82) is 0 Å². The van der Waals surface area contributed by atoms with Gasteiger partial charge in [0.25, 0.3) is 0 Å². The van der Waals surface area contributed by atoms with E-state index < -0.39 is 16.6 Å². The molecular formula is C28H58O5Si2. The van der Waals surface area contributed by atoms with Crippen LogP contribution >= 0.6 is 0 Å². The smallest absolute Gasteiger partial charge is 0.192 e. The fraction of sp³-hybridized carbons (Fsp3) is 0.964. The van der Waals surface area contributed by atoms with Crippen LogP contribution in [0, 0.1) is 23.7 Å². The fourth-order valence-corrected chi connectivity index (χ4v) is 12.2. The number of carbonyl (C=O) groups is 1. The van der Waals surface area contributed by atoms with Gasteiger partial charge in [-0.3, -0.25) is 0 Å². The van der Waals surface area contributed by atoms with E-state index in [4.69, 9.17) is 18.3 Å². The molecule has 0 aromatic carbocycles. The maximum absolute atomic E-state index is 12.1. The topological polar surface area (TPSA) is 54.0 Å². The molecule has 1 aliphatic heterocycles. The summed E-state index contributed by atoms with van der Waals surface area (Å²) in [6.07, 6.45) is 2.88. The summed E-state index contributed by atoms with van der Waals surface area (Å²) < 4.78 is 26.5. The van der Waals surface area contributed by atoms with Gasteiger partial charge in [0.15, 0.2) is 22.9 Å². The third kappa shape index (κ3) is 8.21. The molecule has 0 aromatic rings. The lowest BCUT2D eigenvalue weighted by molar-refractivity contribution is -0.218. The highest BCUT2D eigenvalue weighted by Crippen LogP contribution is 2.40. The Balaban J connectivity index is 3.48. The van der Waals surface area contributed by atoms with Crippen molar-refractivity contribution in [2.24, 2.45) is 23.7 Å². The largest absolute Gasteiger partial charge is 0.413 e. The van der Waals surface area contributed by atoms with Crippen LogP contribution in [0.5, 0.6) is 0 Å². The van der Waals surface area contributed by atoms with Crippen molar-refractivity contribution >= 4 is 22.9 Å². The zero-order chi connectivity index (χ0) is 26.8. The molecule has 35 heavy (non-hydrogen) atoms. The molecule has 0 amide bonds. The number of aldehydes is 1. The summed E-state index contributed by atoms with van der Waals surface area (Å²) in [4.78, 5) is 12.1. The van der Waals surface area contributed by atoms with Crippen molar-refractivity contribution in [3.8, 4) is 0 Å². The minimum atomic E-state index is -1.91. The number of hydrogen-bond donors (Lipinski definition) is 0. The van der Waals surface area contributed by atoms with Crippen molar-refractivity contribution < 1.29 is 23.1 Å². The molecule has 0 aliphatic carbocycles. The van der Waals surface area contributed by atoms with Crippen molar-refractivity contribution in [1.82, 2.24) is 0 Å². The lowest BCUT2D eigenvalue weighted by Gasteiger charge is -2.47. The first-order chi connectivity index (χ1) is 16.6. The van der Waals surface area contributed by atoms with Crippen molar-refractivity contribution in [2.45, 2.75) is 143 Å². The van der Waals surface area contributed by atoms with Crippen LogP contribution in [0.4, 0.5) is 0 Å². The fourth-order valence-electron chi connectivity index (χ4n) is 6.17. The molecule has 0 aromatic heterocycles. The Morgan fingerprint density at radius 1 is 0.829 bits per heavy atom. The summed E-state index contributed by atoms with van der Waals surface area (Å²) in [6, 6.07) is 6.53. The van der Waals surface area contributed by atoms with E-state index in [-0.39, 0.29) is 42.4 Å². The van der Waals surface area contributed by atoms with Gasteiger partial charge in [-0.2, -0.15) is 0 Å². The van der Waals surface area contributed by atoms with E-state index in [2.05, 4.69) is 62.3 Å². The first kappa shape index (κ1) is 33.0. The molecule has 1 rings (SSSR count). The maximum Gasteiger partial charge on any atom is 0.192 e. The van der Waals surface area contributed by atoms with Crippen molar-refractivity contribution in [3.05, 3.63) is 0 Å².